The summed E-state index contributed by atoms with van der Waals surface area (Å²) in [6.45, 7) is 4.55. The van der Waals surface area contributed by atoms with Gasteiger partial charge in [0.1, 0.15) is 0 Å². The molecule has 0 spiro atoms. The summed E-state index contributed by atoms with van der Waals surface area (Å²) in [5, 5.41) is 3.55. The second-order valence-corrected chi connectivity index (χ2v) is 4.78. The highest BCUT2D eigenvalue weighted by Gasteiger charge is 2.23. The van der Waals surface area contributed by atoms with Gasteiger partial charge in [0.05, 0.1) is 0 Å². The molecular weight excluding hydrogens is 182 g/mol. The summed E-state index contributed by atoms with van der Waals surface area (Å²) in [5.74, 6) is 1.84. The highest BCUT2D eigenvalue weighted by molar-refractivity contribution is 5.14. The molecule has 0 bridgehead atoms. The maximum Gasteiger partial charge on any atom is 0.0205 e. The van der Waals surface area contributed by atoms with Gasteiger partial charge in [-0.1, -0.05) is 56.5 Å². The van der Waals surface area contributed by atoms with E-state index in [2.05, 4.69) is 42.6 Å². The van der Waals surface area contributed by atoms with E-state index in [9.17, 15) is 0 Å². The molecule has 1 aromatic carbocycles. The van der Waals surface area contributed by atoms with E-state index in [4.69, 9.17) is 0 Å². The lowest BCUT2D eigenvalue weighted by atomic mass is 9.77. The average molecular weight is 203 g/mol. The minimum Gasteiger partial charge on any atom is -0.312 e. The fourth-order valence-electron chi connectivity index (χ4n) is 2.22. The van der Waals surface area contributed by atoms with Crippen LogP contribution in [0.3, 0.4) is 0 Å². The maximum absolute atomic E-state index is 3.55. The van der Waals surface area contributed by atoms with Crippen molar-refractivity contribution in [2.75, 3.05) is 6.54 Å². The summed E-state index contributed by atoms with van der Waals surface area (Å²) in [6.07, 6.45) is 4.36. The van der Waals surface area contributed by atoms with Gasteiger partial charge in [0.25, 0.3) is 0 Å². The molecule has 2 rings (SSSR count). The Labute approximate surface area is 92.9 Å². The van der Waals surface area contributed by atoms with Crippen LogP contribution in [0.15, 0.2) is 30.3 Å². The molecule has 1 heteroatoms. The van der Waals surface area contributed by atoms with Crippen LogP contribution in [0.1, 0.15) is 31.7 Å². The van der Waals surface area contributed by atoms with Gasteiger partial charge in [0.2, 0.25) is 0 Å². The van der Waals surface area contributed by atoms with Crippen LogP contribution >= 0.6 is 0 Å². The molecule has 0 saturated heterocycles. The van der Waals surface area contributed by atoms with Gasteiger partial charge >= 0.3 is 0 Å². The molecule has 0 amide bonds. The van der Waals surface area contributed by atoms with E-state index in [0.29, 0.717) is 0 Å². The summed E-state index contributed by atoms with van der Waals surface area (Å²) >= 11 is 0. The molecule has 1 N–H and O–H groups in total. The molecule has 1 unspecified atom stereocenters. The SMILES string of the molecule is CC(CNCc1ccccc1)C1CCC1. The molecule has 1 aromatic rings. The first-order valence-electron chi connectivity index (χ1n) is 6.11. The van der Waals surface area contributed by atoms with Crippen LogP contribution < -0.4 is 5.32 Å². The maximum atomic E-state index is 3.55. The van der Waals surface area contributed by atoms with Crippen molar-refractivity contribution in [2.24, 2.45) is 11.8 Å². The Bertz CT molecular complexity index is 277. The van der Waals surface area contributed by atoms with Crippen molar-refractivity contribution in [1.82, 2.24) is 5.32 Å². The third-order valence-corrected chi connectivity index (χ3v) is 3.59. The molecule has 1 atom stereocenters. The van der Waals surface area contributed by atoms with Crippen LogP contribution in [0.4, 0.5) is 0 Å². The lowest BCUT2D eigenvalue weighted by molar-refractivity contribution is 0.215. The third kappa shape index (κ3) is 3.07. The Morgan fingerprint density at radius 1 is 1.27 bits per heavy atom. The number of rotatable bonds is 5. The van der Waals surface area contributed by atoms with E-state index in [-0.39, 0.29) is 0 Å². The number of nitrogens with one attached hydrogen (secondary N) is 1. The summed E-state index contributed by atoms with van der Waals surface area (Å²) in [5.41, 5.74) is 1.39. The predicted octanol–water partition coefficient (Wildman–Crippen LogP) is 3.21. The number of benzene rings is 1. The second kappa shape index (κ2) is 5.32. The third-order valence-electron chi connectivity index (χ3n) is 3.59. The molecule has 0 radical (unpaired) electrons. The summed E-state index contributed by atoms with van der Waals surface area (Å²) in [7, 11) is 0. The van der Waals surface area contributed by atoms with Gasteiger partial charge in [-0.2, -0.15) is 0 Å². The van der Waals surface area contributed by atoms with Crippen molar-refractivity contribution >= 4 is 0 Å². The molecule has 15 heavy (non-hydrogen) atoms. The van der Waals surface area contributed by atoms with E-state index in [1.807, 2.05) is 0 Å². The van der Waals surface area contributed by atoms with Crippen LogP contribution in [0, 0.1) is 11.8 Å². The first-order chi connectivity index (χ1) is 7.36. The number of hydrogen-bond donors (Lipinski definition) is 1. The zero-order chi connectivity index (χ0) is 10.5. The number of hydrogen-bond acceptors (Lipinski definition) is 1. The molecule has 0 heterocycles. The van der Waals surface area contributed by atoms with Crippen molar-refractivity contribution in [2.45, 2.75) is 32.7 Å². The molecule has 82 valence electrons. The van der Waals surface area contributed by atoms with Crippen molar-refractivity contribution in [3.63, 3.8) is 0 Å². The average Bonchev–Trinajstić information content (AvgIpc) is 2.16. The van der Waals surface area contributed by atoms with Gasteiger partial charge in [-0.3, -0.25) is 0 Å². The van der Waals surface area contributed by atoms with E-state index in [0.717, 1.165) is 18.4 Å². The van der Waals surface area contributed by atoms with Gasteiger partial charge < -0.3 is 5.32 Å². The molecular formula is C14H21N. The van der Waals surface area contributed by atoms with Crippen LogP contribution in [-0.2, 0) is 6.54 Å². The lowest BCUT2D eigenvalue weighted by Gasteiger charge is -2.31. The van der Waals surface area contributed by atoms with E-state index < -0.39 is 0 Å². The molecule has 0 aliphatic heterocycles. The highest BCUT2D eigenvalue weighted by Crippen LogP contribution is 2.32. The first-order valence-corrected chi connectivity index (χ1v) is 6.11. The van der Waals surface area contributed by atoms with Crippen molar-refractivity contribution in [3.05, 3.63) is 35.9 Å². The fraction of sp³-hybridized carbons (Fsp3) is 0.571. The molecule has 1 aliphatic rings. The molecule has 1 aliphatic carbocycles. The Morgan fingerprint density at radius 2 is 2.00 bits per heavy atom. The van der Waals surface area contributed by atoms with E-state index in [1.165, 1.54) is 31.4 Å². The van der Waals surface area contributed by atoms with Crippen LogP contribution in [0.5, 0.6) is 0 Å². The Kier molecular flexibility index (Phi) is 3.79. The topological polar surface area (TPSA) is 12.0 Å². The van der Waals surface area contributed by atoms with Crippen molar-refractivity contribution in [3.8, 4) is 0 Å². The quantitative estimate of drug-likeness (QED) is 0.775. The Hall–Kier alpha value is -0.820. The normalized spacial score (nSPS) is 18.5. The van der Waals surface area contributed by atoms with Gasteiger partial charge in [-0.15, -0.1) is 0 Å². The Balaban J connectivity index is 1.66. The Morgan fingerprint density at radius 3 is 2.60 bits per heavy atom. The standard InChI is InChI=1S/C14H21N/c1-12(14-8-5-9-14)10-15-11-13-6-3-2-4-7-13/h2-4,6-7,12,14-15H,5,8-11H2,1H3. The van der Waals surface area contributed by atoms with Crippen LogP contribution in [0.2, 0.25) is 0 Å². The molecule has 0 aromatic heterocycles. The van der Waals surface area contributed by atoms with Gasteiger partial charge in [0, 0.05) is 6.54 Å². The highest BCUT2D eigenvalue weighted by atomic mass is 14.9. The summed E-state index contributed by atoms with van der Waals surface area (Å²) < 4.78 is 0. The van der Waals surface area contributed by atoms with Crippen molar-refractivity contribution < 1.29 is 0 Å². The molecule has 1 fully saturated rings. The fourth-order valence-corrected chi connectivity index (χ4v) is 2.22. The molecule has 1 nitrogen and oxygen atoms in total. The zero-order valence-corrected chi connectivity index (χ0v) is 9.58. The minimum absolute atomic E-state index is 0.850. The van der Waals surface area contributed by atoms with Gasteiger partial charge in [0.15, 0.2) is 0 Å². The van der Waals surface area contributed by atoms with Gasteiger partial charge in [-0.25, -0.2) is 0 Å². The monoisotopic (exact) mass is 203 g/mol. The smallest absolute Gasteiger partial charge is 0.0205 e. The summed E-state index contributed by atoms with van der Waals surface area (Å²) in [6, 6.07) is 10.6. The first kappa shape index (κ1) is 10.7. The van der Waals surface area contributed by atoms with Gasteiger partial charge in [-0.05, 0) is 23.9 Å². The van der Waals surface area contributed by atoms with E-state index >= 15 is 0 Å². The lowest BCUT2D eigenvalue weighted by Crippen LogP contribution is -2.29. The summed E-state index contributed by atoms with van der Waals surface area (Å²) in [4.78, 5) is 0. The molecule has 1 saturated carbocycles. The second-order valence-electron chi connectivity index (χ2n) is 4.78. The minimum atomic E-state index is 0.850. The van der Waals surface area contributed by atoms with Crippen LogP contribution in [-0.4, -0.2) is 6.54 Å². The largest absolute Gasteiger partial charge is 0.312 e. The van der Waals surface area contributed by atoms with Crippen molar-refractivity contribution in [1.29, 1.82) is 0 Å². The van der Waals surface area contributed by atoms with E-state index in [1.54, 1.807) is 0 Å². The predicted molar refractivity (Wildman–Crippen MR) is 64.7 cm³/mol. The zero-order valence-electron chi connectivity index (χ0n) is 9.58. The van der Waals surface area contributed by atoms with Crippen LogP contribution in [0.25, 0.3) is 0 Å².